The first-order valence-corrected chi connectivity index (χ1v) is 12.3. The number of rotatable bonds is 7. The Bertz CT molecular complexity index is 1610. The molecule has 0 bridgehead atoms. The first-order valence-electron chi connectivity index (χ1n) is 10.7. The molecule has 0 saturated carbocycles. The minimum absolute atomic E-state index is 0.0661. The van der Waals surface area contributed by atoms with E-state index in [1.165, 1.54) is 23.1 Å². The van der Waals surface area contributed by atoms with Crippen molar-refractivity contribution < 1.29 is 21.6 Å². The lowest BCUT2D eigenvalue weighted by Gasteiger charge is -2.24. The predicted molar refractivity (Wildman–Crippen MR) is 126 cm³/mol. The number of halogens is 3. The Kier molecular flexibility index (Phi) is 6.77. The molecule has 15 heteroatoms. The monoisotopic (exact) mass is 521 g/mol. The molecule has 190 valence electrons. The summed E-state index contributed by atoms with van der Waals surface area (Å²) in [6, 6.07) is 5.03. The lowest BCUT2D eigenvalue weighted by molar-refractivity contribution is -0.132. The van der Waals surface area contributed by atoms with Crippen LogP contribution in [0, 0.1) is 6.92 Å². The molecular formula is C21H22F3N9O2S. The molecule has 36 heavy (non-hydrogen) atoms. The number of aryl methyl sites for hydroxylation is 1. The summed E-state index contributed by atoms with van der Waals surface area (Å²) < 4.78 is 63.1. The van der Waals surface area contributed by atoms with E-state index in [1.807, 2.05) is 0 Å². The van der Waals surface area contributed by atoms with E-state index in [1.54, 1.807) is 36.9 Å². The Morgan fingerprint density at radius 3 is 2.64 bits per heavy atom. The van der Waals surface area contributed by atoms with Crippen LogP contribution in [0.5, 0.6) is 0 Å². The second-order valence-corrected chi connectivity index (χ2v) is 9.30. The van der Waals surface area contributed by atoms with Gasteiger partial charge in [0.15, 0.2) is 0 Å². The smallest absolute Gasteiger partial charge is 0.371 e. The third-order valence-electron chi connectivity index (χ3n) is 5.26. The fourth-order valence-electron chi connectivity index (χ4n) is 3.59. The van der Waals surface area contributed by atoms with Crippen molar-refractivity contribution in [3.63, 3.8) is 0 Å². The highest BCUT2D eigenvalue weighted by Crippen LogP contribution is 2.27. The molecule has 0 unspecified atom stereocenters. The number of anilines is 1. The van der Waals surface area contributed by atoms with Crippen molar-refractivity contribution in [1.29, 1.82) is 0 Å². The lowest BCUT2D eigenvalue weighted by Crippen LogP contribution is -2.28. The van der Waals surface area contributed by atoms with E-state index < -0.39 is 22.6 Å². The van der Waals surface area contributed by atoms with E-state index in [9.17, 15) is 21.6 Å². The molecule has 4 aromatic rings. The number of nitrogens with one attached hydrogen (secondary N) is 1. The van der Waals surface area contributed by atoms with E-state index in [0.29, 0.717) is 29.2 Å². The number of sulfonamides is 1. The van der Waals surface area contributed by atoms with Crippen LogP contribution in [0.1, 0.15) is 18.9 Å². The average molecular weight is 522 g/mol. The molecule has 1 aromatic carbocycles. The SMILES string of the molecule is CCN(CCC(F)(F)F)c1ccc(N=c2/c(=C/S(N)(=O)=O)[nH]n3c(-c4cnccn4)nnc23)c(C)c1. The molecule has 4 rings (SSSR count). The molecule has 0 spiro atoms. The molecule has 0 radical (unpaired) electrons. The molecule has 3 aromatic heterocycles. The van der Waals surface area contributed by atoms with Crippen LogP contribution in [0.3, 0.4) is 0 Å². The van der Waals surface area contributed by atoms with Crippen LogP contribution in [0.25, 0.3) is 22.6 Å². The van der Waals surface area contributed by atoms with E-state index in [2.05, 4.69) is 30.3 Å². The number of H-pyrrole nitrogens is 1. The first-order chi connectivity index (χ1) is 16.9. The minimum atomic E-state index is -4.25. The van der Waals surface area contributed by atoms with Gasteiger partial charge in [-0.2, -0.15) is 13.2 Å². The zero-order valence-corrected chi connectivity index (χ0v) is 20.0. The lowest BCUT2D eigenvalue weighted by atomic mass is 10.1. The maximum atomic E-state index is 12.7. The Morgan fingerprint density at radius 2 is 2.03 bits per heavy atom. The number of alkyl halides is 3. The predicted octanol–water partition coefficient (Wildman–Crippen LogP) is 1.58. The van der Waals surface area contributed by atoms with Gasteiger partial charge in [0.1, 0.15) is 11.1 Å². The fraction of sp³-hybridized carbons (Fsp3) is 0.286. The Hall–Kier alpha value is -3.85. The maximum absolute atomic E-state index is 12.7. The summed E-state index contributed by atoms with van der Waals surface area (Å²) in [4.78, 5) is 14.4. The zero-order chi connectivity index (χ0) is 26.1. The van der Waals surface area contributed by atoms with Crippen molar-refractivity contribution in [3.8, 4) is 11.5 Å². The summed E-state index contributed by atoms with van der Waals surface area (Å²) in [6.45, 7) is 3.74. The normalized spacial score (nSPS) is 13.6. The van der Waals surface area contributed by atoms with Gasteiger partial charge in [0.25, 0.3) is 0 Å². The number of nitrogens with two attached hydrogens (primary N) is 1. The second kappa shape index (κ2) is 9.66. The van der Waals surface area contributed by atoms with Gasteiger partial charge in [0.05, 0.1) is 29.1 Å². The molecule has 11 nitrogen and oxygen atoms in total. The molecule has 0 fully saturated rings. The highest BCUT2D eigenvalue weighted by molar-refractivity contribution is 7.96. The molecule has 0 saturated heterocycles. The van der Waals surface area contributed by atoms with Crippen LogP contribution in [-0.4, -0.2) is 57.5 Å². The van der Waals surface area contributed by atoms with Crippen molar-refractivity contribution in [2.24, 2.45) is 10.1 Å². The standard InChI is InChI=1S/C21H22F3N9O2S/c1-3-32(9-6-21(22,23)24)14-4-5-15(13(2)10-14)28-18-17(12-36(25,34)35)31-33-19(29-30-20(18)33)16-11-26-7-8-27-16/h4-5,7-8,10-12,31H,3,6,9H2,1-2H3,(H2,25,34,35)/b17-12-,28-18?. The molecular weight excluding hydrogens is 499 g/mol. The molecule has 0 aliphatic carbocycles. The van der Waals surface area contributed by atoms with Gasteiger partial charge in [-0.05, 0) is 37.6 Å². The van der Waals surface area contributed by atoms with Crippen molar-refractivity contribution >= 4 is 32.5 Å². The Labute approximate surface area is 203 Å². The van der Waals surface area contributed by atoms with Crippen LogP contribution in [0.2, 0.25) is 0 Å². The number of aromatic nitrogens is 6. The van der Waals surface area contributed by atoms with E-state index in [0.717, 1.165) is 5.41 Å². The van der Waals surface area contributed by atoms with Crippen LogP contribution >= 0.6 is 0 Å². The Balaban J connectivity index is 1.83. The third-order valence-corrected chi connectivity index (χ3v) is 5.83. The Morgan fingerprint density at radius 1 is 1.25 bits per heavy atom. The van der Waals surface area contributed by atoms with Crippen LogP contribution < -0.4 is 20.7 Å². The van der Waals surface area contributed by atoms with Crippen molar-refractivity contribution in [2.45, 2.75) is 26.4 Å². The van der Waals surface area contributed by atoms with Crippen LogP contribution in [-0.2, 0) is 10.0 Å². The van der Waals surface area contributed by atoms with Gasteiger partial charge in [-0.25, -0.2) is 28.0 Å². The second-order valence-electron chi connectivity index (χ2n) is 7.88. The van der Waals surface area contributed by atoms with Gasteiger partial charge < -0.3 is 4.90 Å². The molecule has 0 amide bonds. The molecule has 3 N–H and O–H groups in total. The van der Waals surface area contributed by atoms with Crippen LogP contribution in [0.15, 0.2) is 41.8 Å². The first kappa shape index (κ1) is 25.2. The highest BCUT2D eigenvalue weighted by Gasteiger charge is 2.27. The topological polar surface area (TPSA) is 148 Å². The van der Waals surface area contributed by atoms with Crippen LogP contribution in [0.4, 0.5) is 24.5 Å². The molecule has 3 heterocycles. The maximum Gasteiger partial charge on any atom is 0.390 e. The molecule has 0 aliphatic heterocycles. The van der Waals surface area contributed by atoms with Crippen molar-refractivity contribution in [2.75, 3.05) is 18.0 Å². The van der Waals surface area contributed by atoms with E-state index >= 15 is 0 Å². The number of fused-ring (bicyclic) bond motifs is 1. The van der Waals surface area contributed by atoms with Gasteiger partial charge >= 0.3 is 6.18 Å². The summed E-state index contributed by atoms with van der Waals surface area (Å²) in [5.41, 5.74) is 2.34. The zero-order valence-electron chi connectivity index (χ0n) is 19.2. The average Bonchev–Trinajstić information content (AvgIpc) is 3.34. The summed E-state index contributed by atoms with van der Waals surface area (Å²) >= 11 is 0. The highest BCUT2D eigenvalue weighted by atomic mass is 32.2. The largest absolute Gasteiger partial charge is 0.390 e. The molecule has 0 aliphatic rings. The van der Waals surface area contributed by atoms with Gasteiger partial charge in [-0.3, -0.25) is 10.1 Å². The van der Waals surface area contributed by atoms with Gasteiger partial charge in [0.2, 0.25) is 21.5 Å². The fourth-order valence-corrected chi connectivity index (χ4v) is 4.08. The number of benzene rings is 1. The van der Waals surface area contributed by atoms with Crippen molar-refractivity contribution in [1.82, 2.24) is 29.8 Å². The summed E-state index contributed by atoms with van der Waals surface area (Å²) in [5, 5.41) is 17.4. The minimum Gasteiger partial charge on any atom is -0.371 e. The van der Waals surface area contributed by atoms with Gasteiger partial charge in [-0.15, -0.1) is 10.2 Å². The van der Waals surface area contributed by atoms with E-state index in [-0.39, 0.29) is 28.7 Å². The van der Waals surface area contributed by atoms with Gasteiger partial charge in [-0.1, -0.05) is 0 Å². The van der Waals surface area contributed by atoms with E-state index in [4.69, 9.17) is 5.14 Å². The number of primary sulfonamides is 1. The van der Waals surface area contributed by atoms with Gasteiger partial charge in [0, 0.05) is 31.2 Å². The summed E-state index contributed by atoms with van der Waals surface area (Å²) in [5.74, 6) is 0.277. The number of hydrogen-bond acceptors (Lipinski definition) is 8. The molecule has 0 atom stereocenters. The third kappa shape index (κ3) is 5.68. The van der Waals surface area contributed by atoms with Crippen molar-refractivity contribution in [3.05, 3.63) is 53.1 Å². The quantitative estimate of drug-likeness (QED) is 0.375. The summed E-state index contributed by atoms with van der Waals surface area (Å²) in [7, 11) is -4.05. The summed E-state index contributed by atoms with van der Waals surface area (Å²) in [6.07, 6.45) is -0.747. The number of aromatic amines is 1. The number of nitrogens with zero attached hydrogens (tertiary/aromatic N) is 7. The number of hydrogen-bond donors (Lipinski definition) is 2.